The van der Waals surface area contributed by atoms with Crippen LogP contribution in [0.1, 0.15) is 38.5 Å². The van der Waals surface area contributed by atoms with E-state index in [0.717, 1.165) is 43.7 Å². The molecule has 0 aromatic heterocycles. The number of rotatable bonds is 5. The molecule has 6 heteroatoms. The standard InChI is InChI=1S/C14H24N2O3S/c17-12(18)8-14(4-2-1-3-5-14)10-16-13(19)11-9-20-7-6-15-11/h11,15H,1-10H2,(H,16,19)(H,17,18). The van der Waals surface area contributed by atoms with Crippen LogP contribution in [-0.4, -0.2) is 47.6 Å². The van der Waals surface area contributed by atoms with Gasteiger partial charge in [0.25, 0.3) is 0 Å². The van der Waals surface area contributed by atoms with Crippen molar-refractivity contribution in [2.75, 3.05) is 24.6 Å². The Morgan fingerprint density at radius 3 is 2.65 bits per heavy atom. The first-order valence-corrected chi connectivity index (χ1v) is 8.57. The summed E-state index contributed by atoms with van der Waals surface area (Å²) in [5, 5.41) is 15.3. The van der Waals surface area contributed by atoms with Gasteiger partial charge in [-0.3, -0.25) is 9.59 Å². The van der Waals surface area contributed by atoms with E-state index < -0.39 is 5.97 Å². The molecule has 0 spiro atoms. The molecule has 1 unspecified atom stereocenters. The van der Waals surface area contributed by atoms with Crippen molar-refractivity contribution in [3.8, 4) is 0 Å². The number of aliphatic carboxylic acids is 1. The third-order valence-electron chi connectivity index (χ3n) is 4.32. The fourth-order valence-corrected chi connectivity index (χ4v) is 4.10. The SMILES string of the molecule is O=C(O)CC1(CNC(=O)C2CSCCN2)CCCCC1. The van der Waals surface area contributed by atoms with Crippen LogP contribution in [0, 0.1) is 5.41 Å². The lowest BCUT2D eigenvalue weighted by atomic mass is 9.71. The predicted molar refractivity (Wildman–Crippen MR) is 79.9 cm³/mol. The molecule has 5 nitrogen and oxygen atoms in total. The second-order valence-electron chi connectivity index (χ2n) is 5.93. The van der Waals surface area contributed by atoms with Crippen LogP contribution in [-0.2, 0) is 9.59 Å². The summed E-state index contributed by atoms with van der Waals surface area (Å²) in [4.78, 5) is 23.2. The second kappa shape index (κ2) is 7.31. The molecule has 1 saturated heterocycles. The Hall–Kier alpha value is -0.750. The van der Waals surface area contributed by atoms with E-state index in [2.05, 4.69) is 10.6 Å². The lowest BCUT2D eigenvalue weighted by molar-refractivity contribution is -0.140. The predicted octanol–water partition coefficient (Wildman–Crippen LogP) is 1.23. The zero-order valence-electron chi connectivity index (χ0n) is 11.8. The third-order valence-corrected chi connectivity index (χ3v) is 5.38. The summed E-state index contributed by atoms with van der Waals surface area (Å²) in [6.07, 6.45) is 5.30. The molecular formula is C14H24N2O3S. The summed E-state index contributed by atoms with van der Waals surface area (Å²) >= 11 is 1.79. The Balaban J connectivity index is 1.87. The highest BCUT2D eigenvalue weighted by Gasteiger charge is 2.35. The maximum atomic E-state index is 12.1. The fourth-order valence-electron chi connectivity index (χ4n) is 3.17. The number of nitrogens with one attached hydrogen (secondary N) is 2. The highest BCUT2D eigenvalue weighted by molar-refractivity contribution is 7.99. The van der Waals surface area contributed by atoms with Crippen molar-refractivity contribution in [1.29, 1.82) is 0 Å². The zero-order valence-corrected chi connectivity index (χ0v) is 12.6. The van der Waals surface area contributed by atoms with Gasteiger partial charge in [0, 0.05) is 24.6 Å². The fraction of sp³-hybridized carbons (Fsp3) is 0.857. The van der Waals surface area contributed by atoms with Crippen molar-refractivity contribution < 1.29 is 14.7 Å². The molecule has 1 heterocycles. The average molecular weight is 300 g/mol. The molecule has 1 aliphatic carbocycles. The molecule has 2 rings (SSSR count). The molecule has 0 bridgehead atoms. The van der Waals surface area contributed by atoms with Crippen molar-refractivity contribution in [1.82, 2.24) is 10.6 Å². The number of amides is 1. The maximum Gasteiger partial charge on any atom is 0.303 e. The molecule has 2 fully saturated rings. The number of carboxylic acid groups (broad SMARTS) is 1. The molecule has 0 aromatic carbocycles. The topological polar surface area (TPSA) is 78.4 Å². The van der Waals surface area contributed by atoms with Gasteiger partial charge >= 0.3 is 5.97 Å². The highest BCUT2D eigenvalue weighted by atomic mass is 32.2. The summed E-state index contributed by atoms with van der Waals surface area (Å²) in [6.45, 7) is 1.37. The Morgan fingerprint density at radius 2 is 2.05 bits per heavy atom. The minimum Gasteiger partial charge on any atom is -0.481 e. The Labute approximate surface area is 124 Å². The molecule has 1 atom stereocenters. The Bertz CT molecular complexity index is 350. The van der Waals surface area contributed by atoms with Gasteiger partial charge in [-0.1, -0.05) is 19.3 Å². The van der Waals surface area contributed by atoms with Crippen LogP contribution in [0.2, 0.25) is 0 Å². The lowest BCUT2D eigenvalue weighted by Gasteiger charge is -2.36. The normalized spacial score (nSPS) is 25.9. The number of hydrogen-bond acceptors (Lipinski definition) is 4. The van der Waals surface area contributed by atoms with Gasteiger partial charge in [0.05, 0.1) is 12.5 Å². The van der Waals surface area contributed by atoms with Gasteiger partial charge in [0.15, 0.2) is 0 Å². The average Bonchev–Trinajstić information content (AvgIpc) is 2.46. The van der Waals surface area contributed by atoms with Crippen molar-refractivity contribution in [3.63, 3.8) is 0 Å². The first-order chi connectivity index (χ1) is 9.61. The largest absolute Gasteiger partial charge is 0.481 e. The molecule has 1 saturated carbocycles. The summed E-state index contributed by atoms with van der Waals surface area (Å²) in [6, 6.07) is -0.126. The van der Waals surface area contributed by atoms with Crippen LogP contribution in [0.5, 0.6) is 0 Å². The first-order valence-electron chi connectivity index (χ1n) is 7.42. The van der Waals surface area contributed by atoms with Gasteiger partial charge in [-0.05, 0) is 18.3 Å². The van der Waals surface area contributed by atoms with E-state index in [-0.39, 0.29) is 23.8 Å². The summed E-state index contributed by atoms with van der Waals surface area (Å²) in [5.74, 6) is 1.12. The van der Waals surface area contributed by atoms with E-state index in [4.69, 9.17) is 5.11 Å². The number of carbonyl (C=O) groups excluding carboxylic acids is 1. The molecular weight excluding hydrogens is 276 g/mol. The second-order valence-corrected chi connectivity index (χ2v) is 7.08. The lowest BCUT2D eigenvalue weighted by Crippen LogP contribution is -2.51. The molecule has 0 aromatic rings. The minimum atomic E-state index is -0.757. The van der Waals surface area contributed by atoms with Gasteiger partial charge in [-0.15, -0.1) is 0 Å². The van der Waals surface area contributed by atoms with E-state index in [1.54, 1.807) is 11.8 Å². The van der Waals surface area contributed by atoms with Gasteiger partial charge < -0.3 is 15.7 Å². The van der Waals surface area contributed by atoms with Crippen LogP contribution < -0.4 is 10.6 Å². The number of carbonyl (C=O) groups is 2. The van der Waals surface area contributed by atoms with Crippen molar-refractivity contribution in [2.24, 2.45) is 5.41 Å². The van der Waals surface area contributed by atoms with Crippen LogP contribution in [0.4, 0.5) is 0 Å². The van der Waals surface area contributed by atoms with Crippen LogP contribution in [0.3, 0.4) is 0 Å². The van der Waals surface area contributed by atoms with Gasteiger partial charge in [-0.25, -0.2) is 0 Å². The van der Waals surface area contributed by atoms with Crippen LogP contribution in [0.25, 0.3) is 0 Å². The van der Waals surface area contributed by atoms with E-state index in [0.29, 0.717) is 6.54 Å². The smallest absolute Gasteiger partial charge is 0.303 e. The molecule has 20 heavy (non-hydrogen) atoms. The van der Waals surface area contributed by atoms with Gasteiger partial charge in [0.1, 0.15) is 0 Å². The van der Waals surface area contributed by atoms with E-state index in [1.807, 2.05) is 0 Å². The van der Waals surface area contributed by atoms with Gasteiger partial charge in [-0.2, -0.15) is 11.8 Å². The van der Waals surface area contributed by atoms with Crippen molar-refractivity contribution in [3.05, 3.63) is 0 Å². The summed E-state index contributed by atoms with van der Waals surface area (Å²) in [5.41, 5.74) is -0.235. The van der Waals surface area contributed by atoms with Crippen LogP contribution >= 0.6 is 11.8 Å². The maximum absolute atomic E-state index is 12.1. The Kier molecular flexibility index (Phi) is 5.72. The molecule has 3 N–H and O–H groups in total. The number of thioether (sulfide) groups is 1. The molecule has 0 radical (unpaired) electrons. The minimum absolute atomic E-state index is 0.0209. The first kappa shape index (κ1) is 15.6. The quantitative estimate of drug-likeness (QED) is 0.712. The molecule has 2 aliphatic rings. The monoisotopic (exact) mass is 300 g/mol. The molecule has 1 aliphatic heterocycles. The highest BCUT2D eigenvalue weighted by Crippen LogP contribution is 2.38. The van der Waals surface area contributed by atoms with Gasteiger partial charge in [0.2, 0.25) is 5.91 Å². The Morgan fingerprint density at radius 1 is 1.30 bits per heavy atom. The molecule has 1 amide bonds. The van der Waals surface area contributed by atoms with Crippen molar-refractivity contribution in [2.45, 2.75) is 44.6 Å². The van der Waals surface area contributed by atoms with Crippen LogP contribution in [0.15, 0.2) is 0 Å². The number of hydrogen-bond donors (Lipinski definition) is 3. The molecule has 114 valence electrons. The van der Waals surface area contributed by atoms with E-state index in [9.17, 15) is 9.59 Å². The summed E-state index contributed by atoms with van der Waals surface area (Å²) < 4.78 is 0. The third kappa shape index (κ3) is 4.38. The van der Waals surface area contributed by atoms with E-state index >= 15 is 0 Å². The van der Waals surface area contributed by atoms with Crippen molar-refractivity contribution >= 4 is 23.6 Å². The number of carboxylic acids is 1. The zero-order chi connectivity index (χ0) is 14.4. The summed E-state index contributed by atoms with van der Waals surface area (Å²) in [7, 11) is 0. The van der Waals surface area contributed by atoms with E-state index in [1.165, 1.54) is 6.42 Å².